The van der Waals surface area contributed by atoms with Gasteiger partial charge < -0.3 is 10.3 Å². The highest BCUT2D eigenvalue weighted by Crippen LogP contribution is 2.26. The maximum Gasteiger partial charge on any atom is 0.0522 e. The van der Waals surface area contributed by atoms with Crippen LogP contribution in [-0.4, -0.2) is 4.98 Å². The zero-order chi connectivity index (χ0) is 12.4. The van der Waals surface area contributed by atoms with Crippen LogP contribution in [0.3, 0.4) is 0 Å². The molecule has 2 aromatic carbocycles. The van der Waals surface area contributed by atoms with Crippen molar-refractivity contribution in [2.24, 2.45) is 0 Å². The van der Waals surface area contributed by atoms with Gasteiger partial charge in [-0.05, 0) is 29.3 Å². The zero-order valence-corrected chi connectivity index (χ0v) is 10.4. The Morgan fingerprint density at radius 2 is 1.83 bits per heavy atom. The Bertz CT molecular complexity index is 636. The van der Waals surface area contributed by atoms with Crippen LogP contribution in [0.1, 0.15) is 18.5 Å². The van der Waals surface area contributed by atoms with E-state index in [1.54, 1.807) is 0 Å². The molecule has 2 heteroatoms. The normalized spacial score (nSPS) is 12.5. The predicted molar refractivity (Wildman–Crippen MR) is 76.8 cm³/mol. The molecular formula is C16H16N2. The molecule has 0 bridgehead atoms. The Morgan fingerprint density at radius 3 is 2.67 bits per heavy atom. The summed E-state index contributed by atoms with van der Waals surface area (Å²) in [6, 6.07) is 17.3. The van der Waals surface area contributed by atoms with Gasteiger partial charge in [-0.3, -0.25) is 0 Å². The first-order valence-electron chi connectivity index (χ1n) is 6.21. The van der Waals surface area contributed by atoms with Crippen LogP contribution < -0.4 is 5.32 Å². The summed E-state index contributed by atoms with van der Waals surface area (Å²) < 4.78 is 0. The molecule has 0 aliphatic carbocycles. The number of hydrogen-bond donors (Lipinski definition) is 2. The lowest BCUT2D eigenvalue weighted by molar-refractivity contribution is 0.895. The molecule has 18 heavy (non-hydrogen) atoms. The minimum absolute atomic E-state index is 0.284. The molecule has 3 rings (SSSR count). The third-order valence-electron chi connectivity index (χ3n) is 3.27. The molecular weight excluding hydrogens is 220 g/mol. The molecule has 0 amide bonds. The quantitative estimate of drug-likeness (QED) is 0.695. The summed E-state index contributed by atoms with van der Waals surface area (Å²) in [5.74, 6) is 0. The number of hydrogen-bond acceptors (Lipinski definition) is 1. The second-order valence-electron chi connectivity index (χ2n) is 4.53. The molecule has 1 heterocycles. The summed E-state index contributed by atoms with van der Waals surface area (Å²) in [7, 11) is 0. The van der Waals surface area contributed by atoms with Gasteiger partial charge in [0.25, 0.3) is 0 Å². The van der Waals surface area contributed by atoms with E-state index < -0.39 is 0 Å². The van der Waals surface area contributed by atoms with Gasteiger partial charge in [0.1, 0.15) is 0 Å². The number of nitrogens with one attached hydrogen (secondary N) is 2. The van der Waals surface area contributed by atoms with E-state index in [1.807, 2.05) is 18.5 Å². The summed E-state index contributed by atoms with van der Waals surface area (Å²) in [5, 5.41) is 6.10. The van der Waals surface area contributed by atoms with Crippen LogP contribution in [0.2, 0.25) is 0 Å². The second kappa shape index (κ2) is 4.57. The van der Waals surface area contributed by atoms with Crippen molar-refractivity contribution in [1.82, 2.24) is 4.98 Å². The summed E-state index contributed by atoms with van der Waals surface area (Å²) in [6.45, 7) is 2.19. The molecule has 2 N–H and O–H groups in total. The number of H-pyrrole nitrogens is 1. The van der Waals surface area contributed by atoms with Crippen LogP contribution in [0.4, 0.5) is 5.69 Å². The van der Waals surface area contributed by atoms with Gasteiger partial charge in [0.15, 0.2) is 0 Å². The van der Waals surface area contributed by atoms with Gasteiger partial charge in [0.05, 0.1) is 5.69 Å². The van der Waals surface area contributed by atoms with Crippen LogP contribution in [0.15, 0.2) is 60.9 Å². The number of fused-ring (bicyclic) bond motifs is 1. The van der Waals surface area contributed by atoms with Crippen LogP contribution in [0, 0.1) is 0 Å². The highest BCUT2D eigenvalue weighted by Gasteiger charge is 2.08. The van der Waals surface area contributed by atoms with E-state index in [4.69, 9.17) is 0 Å². The fourth-order valence-electron chi connectivity index (χ4n) is 2.37. The average molecular weight is 236 g/mol. The standard InChI is InChI=1S/C16H16N2/c1-12(18-14-9-10-17-11-14)15-8-4-6-13-5-2-3-7-16(13)15/h2-12,17-18H,1H3/t12-/m1/s1. The van der Waals surface area contributed by atoms with E-state index >= 15 is 0 Å². The summed E-state index contributed by atoms with van der Waals surface area (Å²) >= 11 is 0. The monoisotopic (exact) mass is 236 g/mol. The molecule has 0 saturated carbocycles. The van der Waals surface area contributed by atoms with E-state index in [0.29, 0.717) is 0 Å². The topological polar surface area (TPSA) is 27.8 Å². The predicted octanol–water partition coefficient (Wildman–Crippen LogP) is 4.34. The number of benzene rings is 2. The molecule has 0 aliphatic heterocycles. The Kier molecular flexibility index (Phi) is 2.77. The first-order chi connectivity index (χ1) is 8.84. The smallest absolute Gasteiger partial charge is 0.0522 e. The van der Waals surface area contributed by atoms with Crippen LogP contribution >= 0.6 is 0 Å². The molecule has 0 saturated heterocycles. The number of aromatic amines is 1. The summed E-state index contributed by atoms with van der Waals surface area (Å²) in [6.07, 6.45) is 3.90. The van der Waals surface area contributed by atoms with Crippen LogP contribution in [0.25, 0.3) is 10.8 Å². The van der Waals surface area contributed by atoms with Crippen LogP contribution in [-0.2, 0) is 0 Å². The van der Waals surface area contributed by atoms with Gasteiger partial charge in [0.2, 0.25) is 0 Å². The third-order valence-corrected chi connectivity index (χ3v) is 3.27. The van der Waals surface area contributed by atoms with Crippen molar-refractivity contribution < 1.29 is 0 Å². The van der Waals surface area contributed by atoms with E-state index in [9.17, 15) is 0 Å². The molecule has 0 fully saturated rings. The molecule has 90 valence electrons. The van der Waals surface area contributed by atoms with Crippen molar-refractivity contribution >= 4 is 16.5 Å². The van der Waals surface area contributed by atoms with Gasteiger partial charge in [-0.25, -0.2) is 0 Å². The molecule has 1 aromatic heterocycles. The molecule has 2 nitrogen and oxygen atoms in total. The van der Waals surface area contributed by atoms with Crippen molar-refractivity contribution in [3.8, 4) is 0 Å². The maximum atomic E-state index is 3.50. The lowest BCUT2D eigenvalue weighted by atomic mass is 10.00. The Balaban J connectivity index is 1.98. The lowest BCUT2D eigenvalue weighted by Gasteiger charge is -2.16. The van der Waals surface area contributed by atoms with Crippen molar-refractivity contribution in [3.63, 3.8) is 0 Å². The largest absolute Gasteiger partial charge is 0.377 e. The van der Waals surface area contributed by atoms with Crippen molar-refractivity contribution in [2.75, 3.05) is 5.32 Å². The Labute approximate surface area is 107 Å². The molecule has 0 unspecified atom stereocenters. The van der Waals surface area contributed by atoms with Crippen LogP contribution in [0.5, 0.6) is 0 Å². The number of aromatic nitrogens is 1. The van der Waals surface area contributed by atoms with Gasteiger partial charge >= 0.3 is 0 Å². The van der Waals surface area contributed by atoms with Gasteiger partial charge in [-0.1, -0.05) is 42.5 Å². The van der Waals surface area contributed by atoms with E-state index in [1.165, 1.54) is 16.3 Å². The first kappa shape index (κ1) is 10.9. The van der Waals surface area contributed by atoms with Crippen molar-refractivity contribution in [1.29, 1.82) is 0 Å². The van der Waals surface area contributed by atoms with E-state index in [0.717, 1.165) is 5.69 Å². The van der Waals surface area contributed by atoms with Gasteiger partial charge in [0, 0.05) is 18.4 Å². The number of rotatable bonds is 3. The van der Waals surface area contributed by atoms with E-state index in [-0.39, 0.29) is 6.04 Å². The fraction of sp³-hybridized carbons (Fsp3) is 0.125. The summed E-state index contributed by atoms with van der Waals surface area (Å²) in [5.41, 5.74) is 2.45. The molecule has 1 atom stereocenters. The van der Waals surface area contributed by atoms with E-state index in [2.05, 4.69) is 59.7 Å². The zero-order valence-electron chi connectivity index (χ0n) is 10.4. The third kappa shape index (κ3) is 1.97. The highest BCUT2D eigenvalue weighted by molar-refractivity contribution is 5.86. The minimum atomic E-state index is 0.284. The molecule has 3 aromatic rings. The second-order valence-corrected chi connectivity index (χ2v) is 4.53. The minimum Gasteiger partial charge on any atom is -0.377 e. The summed E-state index contributed by atoms with van der Waals surface area (Å²) in [4.78, 5) is 3.06. The van der Waals surface area contributed by atoms with Crippen molar-refractivity contribution in [3.05, 3.63) is 66.5 Å². The molecule has 0 radical (unpaired) electrons. The van der Waals surface area contributed by atoms with Gasteiger partial charge in [-0.2, -0.15) is 0 Å². The Morgan fingerprint density at radius 1 is 1.00 bits per heavy atom. The first-order valence-corrected chi connectivity index (χ1v) is 6.21. The Hall–Kier alpha value is -2.22. The lowest BCUT2D eigenvalue weighted by Crippen LogP contribution is -2.06. The fourth-order valence-corrected chi connectivity index (χ4v) is 2.37. The molecule has 0 aliphatic rings. The SMILES string of the molecule is C[C@@H](Nc1cc[nH]c1)c1cccc2ccccc12. The highest BCUT2D eigenvalue weighted by atomic mass is 14.9. The van der Waals surface area contributed by atoms with Gasteiger partial charge in [-0.15, -0.1) is 0 Å². The number of anilines is 1. The molecule has 0 spiro atoms. The van der Waals surface area contributed by atoms with Crippen molar-refractivity contribution in [2.45, 2.75) is 13.0 Å². The maximum absolute atomic E-state index is 3.50. The average Bonchev–Trinajstić information content (AvgIpc) is 2.91.